The molecule has 2 aromatic carbocycles. The molecule has 6 nitrogen and oxygen atoms in total. The molecule has 7 heteroatoms. The van der Waals surface area contributed by atoms with Gasteiger partial charge in [0.15, 0.2) is 18.1 Å². The molecule has 0 saturated heterocycles. The van der Waals surface area contributed by atoms with Crippen molar-refractivity contribution >= 4 is 33.5 Å². The molecule has 0 aliphatic rings. The van der Waals surface area contributed by atoms with Gasteiger partial charge in [0.1, 0.15) is 0 Å². The maximum absolute atomic E-state index is 12.0. The number of hydrogen-bond acceptors (Lipinski definition) is 5. The van der Waals surface area contributed by atoms with Crippen LogP contribution in [0.15, 0.2) is 40.9 Å². The van der Waals surface area contributed by atoms with E-state index in [9.17, 15) is 9.59 Å². The van der Waals surface area contributed by atoms with Crippen LogP contribution in [0.25, 0.3) is 0 Å². The Bertz CT molecular complexity index is 791. The first-order chi connectivity index (χ1) is 11.9. The lowest BCUT2D eigenvalue weighted by molar-refractivity contribution is -0.118. The van der Waals surface area contributed by atoms with Crippen molar-refractivity contribution in [2.24, 2.45) is 0 Å². The van der Waals surface area contributed by atoms with Crippen LogP contribution < -0.4 is 14.8 Å². The second-order valence-electron chi connectivity index (χ2n) is 5.16. The van der Waals surface area contributed by atoms with E-state index in [-0.39, 0.29) is 12.5 Å². The maximum atomic E-state index is 12.0. The molecular formula is C18H18BrNO5. The molecule has 0 unspecified atom stereocenters. The van der Waals surface area contributed by atoms with E-state index in [0.29, 0.717) is 22.7 Å². The van der Waals surface area contributed by atoms with Gasteiger partial charge in [-0.2, -0.15) is 0 Å². The van der Waals surface area contributed by atoms with Crippen LogP contribution in [0.3, 0.4) is 0 Å². The van der Waals surface area contributed by atoms with Crippen LogP contribution in [0, 0.1) is 6.92 Å². The highest BCUT2D eigenvalue weighted by molar-refractivity contribution is 9.10. The zero-order chi connectivity index (χ0) is 18.4. The lowest BCUT2D eigenvalue weighted by Crippen LogP contribution is -2.20. The number of rotatable bonds is 6. The SMILES string of the molecule is COC(=O)c1ccc(OCC(=O)Nc2ccc(Br)c(C)c2)c(OC)c1. The number of aryl methyl sites for hydroxylation is 1. The summed E-state index contributed by atoms with van der Waals surface area (Å²) in [6, 6.07) is 10.1. The number of methoxy groups -OCH3 is 2. The van der Waals surface area contributed by atoms with Crippen molar-refractivity contribution in [2.75, 3.05) is 26.1 Å². The van der Waals surface area contributed by atoms with E-state index in [4.69, 9.17) is 9.47 Å². The minimum atomic E-state index is -0.479. The monoisotopic (exact) mass is 407 g/mol. The van der Waals surface area contributed by atoms with Crippen molar-refractivity contribution in [2.45, 2.75) is 6.92 Å². The van der Waals surface area contributed by atoms with Crippen LogP contribution in [0.5, 0.6) is 11.5 Å². The van der Waals surface area contributed by atoms with E-state index in [1.165, 1.54) is 20.3 Å². The number of halogens is 1. The number of amides is 1. The Morgan fingerprint density at radius 3 is 2.48 bits per heavy atom. The van der Waals surface area contributed by atoms with Crippen LogP contribution >= 0.6 is 15.9 Å². The van der Waals surface area contributed by atoms with Crippen molar-refractivity contribution in [3.05, 3.63) is 52.0 Å². The summed E-state index contributed by atoms with van der Waals surface area (Å²) in [5.74, 6) is -0.0819. The molecule has 2 aromatic rings. The fourth-order valence-corrected chi connectivity index (χ4v) is 2.34. The fourth-order valence-electron chi connectivity index (χ4n) is 2.09. The Morgan fingerprint density at radius 1 is 1.08 bits per heavy atom. The fraction of sp³-hybridized carbons (Fsp3) is 0.222. The second kappa shape index (κ2) is 8.53. The molecule has 132 valence electrons. The maximum Gasteiger partial charge on any atom is 0.337 e. The molecule has 2 rings (SSSR count). The topological polar surface area (TPSA) is 73.9 Å². The lowest BCUT2D eigenvalue weighted by Gasteiger charge is -2.12. The van der Waals surface area contributed by atoms with Crippen LogP contribution in [-0.2, 0) is 9.53 Å². The Hall–Kier alpha value is -2.54. The molecule has 0 aliphatic heterocycles. The van der Waals surface area contributed by atoms with Gasteiger partial charge in [-0.3, -0.25) is 4.79 Å². The lowest BCUT2D eigenvalue weighted by atomic mass is 10.2. The zero-order valence-corrected chi connectivity index (χ0v) is 15.7. The van der Waals surface area contributed by atoms with Gasteiger partial charge in [-0.25, -0.2) is 4.79 Å². The van der Waals surface area contributed by atoms with E-state index < -0.39 is 5.97 Å². The Morgan fingerprint density at radius 2 is 1.84 bits per heavy atom. The van der Waals surface area contributed by atoms with Gasteiger partial charge in [-0.05, 0) is 48.9 Å². The number of hydrogen-bond donors (Lipinski definition) is 1. The third kappa shape index (κ3) is 4.96. The average molecular weight is 408 g/mol. The molecule has 0 aromatic heterocycles. The second-order valence-corrected chi connectivity index (χ2v) is 6.01. The van der Waals surface area contributed by atoms with E-state index in [2.05, 4.69) is 26.0 Å². The summed E-state index contributed by atoms with van der Waals surface area (Å²) in [6.07, 6.45) is 0. The van der Waals surface area contributed by atoms with Gasteiger partial charge in [-0.15, -0.1) is 0 Å². The summed E-state index contributed by atoms with van der Waals surface area (Å²) in [5.41, 5.74) is 2.03. The Kier molecular flexibility index (Phi) is 6.41. The number of anilines is 1. The third-order valence-corrected chi connectivity index (χ3v) is 4.27. The number of ether oxygens (including phenoxy) is 3. The standard InChI is InChI=1S/C18H18BrNO5/c1-11-8-13(5-6-14(11)19)20-17(21)10-25-15-7-4-12(18(22)24-3)9-16(15)23-2/h4-9H,10H2,1-3H3,(H,20,21). The molecule has 1 N–H and O–H groups in total. The summed E-state index contributed by atoms with van der Waals surface area (Å²) in [5, 5.41) is 2.76. The quantitative estimate of drug-likeness (QED) is 0.740. The summed E-state index contributed by atoms with van der Waals surface area (Å²) in [7, 11) is 2.75. The molecule has 25 heavy (non-hydrogen) atoms. The molecule has 0 bridgehead atoms. The van der Waals surface area contributed by atoms with Crippen molar-refractivity contribution in [1.82, 2.24) is 0 Å². The molecule has 1 amide bonds. The van der Waals surface area contributed by atoms with Gasteiger partial charge in [0.25, 0.3) is 5.91 Å². The highest BCUT2D eigenvalue weighted by Crippen LogP contribution is 2.28. The molecule has 0 atom stereocenters. The predicted molar refractivity (Wildman–Crippen MR) is 97.3 cm³/mol. The summed E-state index contributed by atoms with van der Waals surface area (Å²) in [6.45, 7) is 1.74. The molecule has 0 spiro atoms. The average Bonchev–Trinajstić information content (AvgIpc) is 2.62. The van der Waals surface area contributed by atoms with Gasteiger partial charge in [0.05, 0.1) is 19.8 Å². The summed E-state index contributed by atoms with van der Waals surface area (Å²) < 4.78 is 16.3. The summed E-state index contributed by atoms with van der Waals surface area (Å²) in [4.78, 5) is 23.6. The van der Waals surface area contributed by atoms with E-state index >= 15 is 0 Å². The molecule has 0 aliphatic carbocycles. The van der Waals surface area contributed by atoms with Crippen LogP contribution in [-0.4, -0.2) is 32.7 Å². The van der Waals surface area contributed by atoms with E-state index in [1.807, 2.05) is 19.1 Å². The van der Waals surface area contributed by atoms with Crippen LogP contribution in [0.2, 0.25) is 0 Å². The Balaban J connectivity index is 2.01. The van der Waals surface area contributed by atoms with Gasteiger partial charge < -0.3 is 19.5 Å². The minimum Gasteiger partial charge on any atom is -0.493 e. The largest absolute Gasteiger partial charge is 0.493 e. The van der Waals surface area contributed by atoms with Crippen molar-refractivity contribution in [3.8, 4) is 11.5 Å². The first-order valence-corrected chi connectivity index (χ1v) is 8.19. The highest BCUT2D eigenvalue weighted by Gasteiger charge is 2.13. The van der Waals surface area contributed by atoms with Crippen molar-refractivity contribution in [1.29, 1.82) is 0 Å². The van der Waals surface area contributed by atoms with Gasteiger partial charge in [0, 0.05) is 10.2 Å². The van der Waals surface area contributed by atoms with Gasteiger partial charge in [-0.1, -0.05) is 15.9 Å². The molecule has 0 heterocycles. The zero-order valence-electron chi connectivity index (χ0n) is 14.1. The predicted octanol–water partition coefficient (Wildman–Crippen LogP) is 3.57. The summed E-state index contributed by atoms with van der Waals surface area (Å²) >= 11 is 3.41. The van der Waals surface area contributed by atoms with E-state index in [1.54, 1.807) is 18.2 Å². The first kappa shape index (κ1) is 18.8. The molecular weight excluding hydrogens is 390 g/mol. The van der Waals surface area contributed by atoms with Crippen molar-refractivity contribution < 1.29 is 23.8 Å². The van der Waals surface area contributed by atoms with Crippen molar-refractivity contribution in [3.63, 3.8) is 0 Å². The van der Waals surface area contributed by atoms with Gasteiger partial charge >= 0.3 is 5.97 Å². The number of carbonyl (C=O) groups is 2. The van der Waals surface area contributed by atoms with E-state index in [0.717, 1.165) is 10.0 Å². The normalized spacial score (nSPS) is 10.1. The van der Waals surface area contributed by atoms with Gasteiger partial charge in [0.2, 0.25) is 0 Å². The number of carbonyl (C=O) groups excluding carboxylic acids is 2. The van der Waals surface area contributed by atoms with Crippen LogP contribution in [0.4, 0.5) is 5.69 Å². The number of esters is 1. The smallest absolute Gasteiger partial charge is 0.337 e. The number of nitrogens with one attached hydrogen (secondary N) is 1. The first-order valence-electron chi connectivity index (χ1n) is 7.39. The van der Waals surface area contributed by atoms with Crippen LogP contribution in [0.1, 0.15) is 15.9 Å². The number of benzene rings is 2. The molecule has 0 saturated carbocycles. The minimum absolute atomic E-state index is 0.191. The molecule has 0 radical (unpaired) electrons. The molecule has 0 fully saturated rings. The third-order valence-electron chi connectivity index (χ3n) is 3.39. The highest BCUT2D eigenvalue weighted by atomic mass is 79.9. The Labute approximate surface area is 154 Å².